The third kappa shape index (κ3) is 5.23. The van der Waals surface area contributed by atoms with Crippen molar-refractivity contribution in [3.8, 4) is 0 Å². The number of benzene rings is 2. The van der Waals surface area contributed by atoms with Gasteiger partial charge in [0.2, 0.25) is 0 Å². The SMILES string of the molecule is CCCCc1ccc(C[C@H]2COC[C@@H]2Cc2ccc(Cl)c(Cl)c2)cc1. The molecule has 134 valence electrons. The molecule has 1 fully saturated rings. The molecule has 1 aliphatic heterocycles. The molecule has 0 aliphatic carbocycles. The highest BCUT2D eigenvalue weighted by atomic mass is 35.5. The third-order valence-corrected chi connectivity index (χ3v) is 5.89. The van der Waals surface area contributed by atoms with E-state index in [0.29, 0.717) is 21.9 Å². The Morgan fingerprint density at radius 3 is 2.08 bits per heavy atom. The lowest BCUT2D eigenvalue weighted by Gasteiger charge is -2.18. The highest BCUT2D eigenvalue weighted by Crippen LogP contribution is 2.30. The second kappa shape index (κ2) is 9.07. The molecule has 0 spiro atoms. The number of aryl methyl sites for hydroxylation is 1. The van der Waals surface area contributed by atoms with Crippen LogP contribution >= 0.6 is 23.2 Å². The summed E-state index contributed by atoms with van der Waals surface area (Å²) in [6.07, 6.45) is 5.78. The van der Waals surface area contributed by atoms with Crippen molar-refractivity contribution in [1.82, 2.24) is 0 Å². The maximum atomic E-state index is 6.15. The van der Waals surface area contributed by atoms with Crippen molar-refractivity contribution in [1.29, 1.82) is 0 Å². The molecule has 0 bridgehead atoms. The van der Waals surface area contributed by atoms with Gasteiger partial charge >= 0.3 is 0 Å². The summed E-state index contributed by atoms with van der Waals surface area (Å²) in [5.74, 6) is 1.10. The zero-order chi connectivity index (χ0) is 17.6. The normalized spacial score (nSPS) is 20.1. The van der Waals surface area contributed by atoms with Crippen LogP contribution in [-0.4, -0.2) is 13.2 Å². The van der Waals surface area contributed by atoms with Gasteiger partial charge in [0.05, 0.1) is 23.3 Å². The van der Waals surface area contributed by atoms with E-state index in [1.165, 1.54) is 36.0 Å². The van der Waals surface area contributed by atoms with E-state index < -0.39 is 0 Å². The number of hydrogen-bond donors (Lipinski definition) is 0. The van der Waals surface area contributed by atoms with Crippen LogP contribution in [-0.2, 0) is 24.0 Å². The topological polar surface area (TPSA) is 9.23 Å². The van der Waals surface area contributed by atoms with Crippen molar-refractivity contribution in [2.75, 3.05) is 13.2 Å². The first kappa shape index (κ1) is 18.8. The Hall–Kier alpha value is -1.02. The molecule has 2 aromatic rings. The maximum absolute atomic E-state index is 6.15. The van der Waals surface area contributed by atoms with E-state index in [1.54, 1.807) is 0 Å². The molecule has 0 amide bonds. The monoisotopic (exact) mass is 376 g/mol. The number of halogens is 2. The van der Waals surface area contributed by atoms with Crippen LogP contribution in [0.1, 0.15) is 36.5 Å². The van der Waals surface area contributed by atoms with Gasteiger partial charge in [-0.3, -0.25) is 0 Å². The first-order valence-electron chi connectivity index (χ1n) is 9.25. The second-order valence-corrected chi connectivity index (χ2v) is 7.95. The molecule has 1 aliphatic rings. The molecular weight excluding hydrogens is 351 g/mol. The Morgan fingerprint density at radius 1 is 0.840 bits per heavy atom. The van der Waals surface area contributed by atoms with Crippen LogP contribution < -0.4 is 0 Å². The predicted octanol–water partition coefficient (Wildman–Crippen LogP) is 6.38. The fraction of sp³-hybridized carbons (Fsp3) is 0.455. The van der Waals surface area contributed by atoms with Crippen LogP contribution in [0, 0.1) is 11.8 Å². The number of hydrogen-bond acceptors (Lipinski definition) is 1. The van der Waals surface area contributed by atoms with Crippen LogP contribution in [0.4, 0.5) is 0 Å². The standard InChI is InChI=1S/C22H26Cl2O/c1-2-3-4-16-5-7-17(8-6-16)11-19-14-25-15-20(19)12-18-9-10-21(23)22(24)13-18/h5-10,13,19-20H,2-4,11-12,14-15H2,1H3/t19-,20-/m0/s1. The molecule has 2 atom stereocenters. The Bertz CT molecular complexity index is 681. The van der Waals surface area contributed by atoms with Gasteiger partial charge in [0, 0.05) is 0 Å². The lowest BCUT2D eigenvalue weighted by atomic mass is 9.85. The summed E-state index contributed by atoms with van der Waals surface area (Å²) in [7, 11) is 0. The Labute approximate surface area is 161 Å². The highest BCUT2D eigenvalue weighted by molar-refractivity contribution is 6.42. The minimum atomic E-state index is 0.539. The van der Waals surface area contributed by atoms with Crippen LogP contribution in [0.5, 0.6) is 0 Å². The minimum absolute atomic E-state index is 0.539. The van der Waals surface area contributed by atoms with Crippen molar-refractivity contribution >= 4 is 23.2 Å². The van der Waals surface area contributed by atoms with Gasteiger partial charge in [-0.2, -0.15) is 0 Å². The summed E-state index contributed by atoms with van der Waals surface area (Å²) < 4.78 is 5.79. The van der Waals surface area contributed by atoms with Crippen molar-refractivity contribution in [2.24, 2.45) is 11.8 Å². The predicted molar refractivity (Wildman–Crippen MR) is 107 cm³/mol. The molecule has 0 unspecified atom stereocenters. The van der Waals surface area contributed by atoms with Gasteiger partial charge in [-0.15, -0.1) is 0 Å². The van der Waals surface area contributed by atoms with E-state index in [9.17, 15) is 0 Å². The molecule has 0 N–H and O–H groups in total. The largest absolute Gasteiger partial charge is 0.381 e. The van der Waals surface area contributed by atoms with Gasteiger partial charge in [0.25, 0.3) is 0 Å². The Morgan fingerprint density at radius 2 is 1.44 bits per heavy atom. The zero-order valence-corrected chi connectivity index (χ0v) is 16.3. The zero-order valence-electron chi connectivity index (χ0n) is 14.8. The van der Waals surface area contributed by atoms with Crippen LogP contribution in [0.3, 0.4) is 0 Å². The summed E-state index contributed by atoms with van der Waals surface area (Å²) in [5, 5.41) is 1.25. The second-order valence-electron chi connectivity index (χ2n) is 7.13. The summed E-state index contributed by atoms with van der Waals surface area (Å²) in [6.45, 7) is 3.92. The highest BCUT2D eigenvalue weighted by Gasteiger charge is 2.28. The molecule has 3 heteroatoms. The van der Waals surface area contributed by atoms with E-state index in [0.717, 1.165) is 26.1 Å². The van der Waals surface area contributed by atoms with Gasteiger partial charge < -0.3 is 4.74 Å². The first-order chi connectivity index (χ1) is 12.2. The molecule has 0 radical (unpaired) electrons. The molecule has 1 saturated heterocycles. The van der Waals surface area contributed by atoms with Gasteiger partial charge in [-0.25, -0.2) is 0 Å². The number of unbranched alkanes of at least 4 members (excludes halogenated alkanes) is 1. The lowest BCUT2D eigenvalue weighted by Crippen LogP contribution is -2.17. The molecule has 1 heterocycles. The number of rotatable bonds is 7. The molecule has 1 nitrogen and oxygen atoms in total. The molecule has 2 aromatic carbocycles. The van der Waals surface area contributed by atoms with Crippen molar-refractivity contribution < 1.29 is 4.74 Å². The molecule has 0 saturated carbocycles. The van der Waals surface area contributed by atoms with E-state index >= 15 is 0 Å². The quantitative estimate of drug-likeness (QED) is 0.544. The van der Waals surface area contributed by atoms with Crippen LogP contribution in [0.2, 0.25) is 10.0 Å². The molecule has 3 rings (SSSR count). The number of ether oxygens (including phenoxy) is 1. The van der Waals surface area contributed by atoms with Crippen molar-refractivity contribution in [3.05, 3.63) is 69.2 Å². The fourth-order valence-corrected chi connectivity index (χ4v) is 3.91. The summed E-state index contributed by atoms with van der Waals surface area (Å²) in [5.41, 5.74) is 4.10. The average molecular weight is 377 g/mol. The van der Waals surface area contributed by atoms with Gasteiger partial charge in [0.15, 0.2) is 0 Å². The van der Waals surface area contributed by atoms with E-state index in [-0.39, 0.29) is 0 Å². The van der Waals surface area contributed by atoms with Gasteiger partial charge in [-0.1, -0.05) is 66.9 Å². The summed E-state index contributed by atoms with van der Waals surface area (Å²) >= 11 is 12.2. The first-order valence-corrected chi connectivity index (χ1v) is 10.0. The van der Waals surface area contributed by atoms with Gasteiger partial charge in [0.1, 0.15) is 0 Å². The van der Waals surface area contributed by atoms with Crippen molar-refractivity contribution in [3.63, 3.8) is 0 Å². The molecular formula is C22H26Cl2O. The summed E-state index contributed by atoms with van der Waals surface area (Å²) in [6, 6.07) is 15.1. The maximum Gasteiger partial charge on any atom is 0.0595 e. The minimum Gasteiger partial charge on any atom is -0.381 e. The van der Waals surface area contributed by atoms with E-state index in [1.807, 2.05) is 12.1 Å². The van der Waals surface area contributed by atoms with Gasteiger partial charge in [-0.05, 0) is 66.3 Å². The smallest absolute Gasteiger partial charge is 0.0595 e. The fourth-order valence-electron chi connectivity index (χ4n) is 3.59. The van der Waals surface area contributed by atoms with Crippen LogP contribution in [0.15, 0.2) is 42.5 Å². The van der Waals surface area contributed by atoms with E-state index in [2.05, 4.69) is 37.3 Å². The van der Waals surface area contributed by atoms with E-state index in [4.69, 9.17) is 27.9 Å². The Kier molecular flexibility index (Phi) is 6.81. The third-order valence-electron chi connectivity index (χ3n) is 5.15. The average Bonchev–Trinajstić information content (AvgIpc) is 3.04. The van der Waals surface area contributed by atoms with Crippen molar-refractivity contribution in [2.45, 2.75) is 39.0 Å². The lowest BCUT2D eigenvalue weighted by molar-refractivity contribution is 0.180. The summed E-state index contributed by atoms with van der Waals surface area (Å²) in [4.78, 5) is 0. The van der Waals surface area contributed by atoms with Crippen LogP contribution in [0.25, 0.3) is 0 Å². The Balaban J connectivity index is 1.60. The molecule has 0 aromatic heterocycles. The molecule has 25 heavy (non-hydrogen) atoms.